The summed E-state index contributed by atoms with van der Waals surface area (Å²) >= 11 is 0. The van der Waals surface area contributed by atoms with Crippen molar-refractivity contribution in [3.63, 3.8) is 0 Å². The van der Waals surface area contributed by atoms with Gasteiger partial charge in [-0.15, -0.1) is 0 Å². The monoisotopic (exact) mass is 434 g/mol. The van der Waals surface area contributed by atoms with E-state index < -0.39 is 0 Å². The van der Waals surface area contributed by atoms with Crippen LogP contribution in [0.1, 0.15) is 71.6 Å². The van der Waals surface area contributed by atoms with Crippen molar-refractivity contribution in [2.75, 3.05) is 0 Å². The van der Waals surface area contributed by atoms with Gasteiger partial charge in [-0.05, 0) is 110 Å². The van der Waals surface area contributed by atoms with E-state index >= 15 is 0 Å². The molecule has 0 atom stereocenters. The molecular weight excluding hydrogens is 403 g/mol. The summed E-state index contributed by atoms with van der Waals surface area (Å²) in [6, 6.07) is 19.6. The first-order valence-electron chi connectivity index (χ1n) is 12.0. The first kappa shape index (κ1) is 22.9. The predicted molar refractivity (Wildman–Crippen MR) is 136 cm³/mol. The average Bonchev–Trinajstić information content (AvgIpc) is 2.82. The molecule has 0 aliphatic heterocycles. The Morgan fingerprint density at radius 3 is 1.76 bits per heavy atom. The molecule has 1 fully saturated rings. The lowest BCUT2D eigenvalue weighted by molar-refractivity contribution is 0.287. The van der Waals surface area contributed by atoms with E-state index in [9.17, 15) is 4.39 Å². The second-order valence-corrected chi connectivity index (χ2v) is 9.51. The van der Waals surface area contributed by atoms with Crippen LogP contribution in [0.15, 0.2) is 60.7 Å². The Morgan fingerprint density at radius 2 is 1.18 bits per heavy atom. The predicted octanol–water partition coefficient (Wildman–Crippen LogP) is 7.61. The van der Waals surface area contributed by atoms with Crippen molar-refractivity contribution in [1.29, 1.82) is 0 Å². The zero-order chi connectivity index (χ0) is 23.2. The standard InChI is InChI=1S/C32H31F/c1-23-4-7-29(8-5-23)21-31-19-18-30(22-32(31)33)17-15-27-12-10-26(11-13-27)14-16-28-9-6-24(2)25(3)20-28/h6,9-13,18-20,22-23,29H,4-5,7-8,21H2,1-3H3. The highest BCUT2D eigenvalue weighted by molar-refractivity contribution is 5.49. The maximum Gasteiger partial charge on any atom is 0.127 e. The van der Waals surface area contributed by atoms with Crippen LogP contribution >= 0.6 is 0 Å². The summed E-state index contributed by atoms with van der Waals surface area (Å²) in [5.74, 6) is 14.0. The zero-order valence-corrected chi connectivity index (χ0v) is 19.8. The lowest BCUT2D eigenvalue weighted by atomic mass is 9.80. The number of benzene rings is 3. The van der Waals surface area contributed by atoms with Crippen LogP contribution in [0.5, 0.6) is 0 Å². The molecule has 0 saturated heterocycles. The van der Waals surface area contributed by atoms with Crippen LogP contribution in [-0.2, 0) is 6.42 Å². The maximum atomic E-state index is 14.6. The fourth-order valence-electron chi connectivity index (χ4n) is 4.38. The van der Waals surface area contributed by atoms with Crippen molar-refractivity contribution in [1.82, 2.24) is 0 Å². The van der Waals surface area contributed by atoms with Gasteiger partial charge in [0, 0.05) is 22.3 Å². The molecule has 0 N–H and O–H groups in total. The van der Waals surface area contributed by atoms with E-state index in [2.05, 4.69) is 62.7 Å². The Kier molecular flexibility index (Phi) is 7.32. The van der Waals surface area contributed by atoms with Gasteiger partial charge in [-0.25, -0.2) is 4.39 Å². The van der Waals surface area contributed by atoms with Crippen LogP contribution in [0, 0.1) is 55.2 Å². The number of rotatable bonds is 2. The van der Waals surface area contributed by atoms with Crippen LogP contribution in [0.3, 0.4) is 0 Å². The normalized spacial score (nSPS) is 17.5. The molecule has 0 bridgehead atoms. The fraction of sp³-hybridized carbons (Fsp3) is 0.312. The maximum absolute atomic E-state index is 14.6. The van der Waals surface area contributed by atoms with E-state index in [1.165, 1.54) is 36.8 Å². The van der Waals surface area contributed by atoms with Crippen molar-refractivity contribution in [2.24, 2.45) is 11.8 Å². The highest BCUT2D eigenvalue weighted by Gasteiger charge is 2.19. The lowest BCUT2D eigenvalue weighted by Gasteiger charge is -2.26. The Hall–Kier alpha value is -3.29. The van der Waals surface area contributed by atoms with Crippen LogP contribution in [0.2, 0.25) is 0 Å². The Balaban J connectivity index is 1.39. The number of hydrogen-bond donors (Lipinski definition) is 0. The van der Waals surface area contributed by atoms with Gasteiger partial charge in [0.15, 0.2) is 0 Å². The van der Waals surface area contributed by atoms with E-state index in [0.717, 1.165) is 34.6 Å². The average molecular weight is 435 g/mol. The summed E-state index contributed by atoms with van der Waals surface area (Å²) in [6.07, 6.45) is 5.81. The third-order valence-electron chi connectivity index (χ3n) is 6.79. The van der Waals surface area contributed by atoms with E-state index in [-0.39, 0.29) is 5.82 Å². The minimum absolute atomic E-state index is 0.127. The molecule has 1 aliphatic rings. The number of hydrogen-bond acceptors (Lipinski definition) is 0. The third kappa shape index (κ3) is 6.37. The molecule has 1 aliphatic carbocycles. The van der Waals surface area contributed by atoms with Gasteiger partial charge in [0.05, 0.1) is 0 Å². The minimum atomic E-state index is -0.127. The summed E-state index contributed by atoms with van der Waals surface area (Å²) in [6.45, 7) is 6.52. The van der Waals surface area contributed by atoms with E-state index in [1.807, 2.05) is 36.4 Å². The highest BCUT2D eigenvalue weighted by Crippen LogP contribution is 2.31. The highest BCUT2D eigenvalue weighted by atomic mass is 19.1. The number of aryl methyl sites for hydroxylation is 2. The topological polar surface area (TPSA) is 0 Å². The molecule has 0 nitrogen and oxygen atoms in total. The summed E-state index contributed by atoms with van der Waals surface area (Å²) in [7, 11) is 0. The SMILES string of the molecule is Cc1ccc(C#Cc2ccc(C#Cc3ccc(CC4CCC(C)CC4)c(F)c3)cc2)cc1C. The Labute approximate surface area is 198 Å². The first-order chi connectivity index (χ1) is 16.0. The van der Waals surface area contributed by atoms with Crippen LogP contribution in [0.25, 0.3) is 0 Å². The third-order valence-corrected chi connectivity index (χ3v) is 6.79. The largest absolute Gasteiger partial charge is 0.207 e. The van der Waals surface area contributed by atoms with Crippen LogP contribution in [-0.4, -0.2) is 0 Å². The summed E-state index contributed by atoms with van der Waals surface area (Å²) in [5.41, 5.74) is 6.93. The van der Waals surface area contributed by atoms with Crippen molar-refractivity contribution in [3.8, 4) is 23.7 Å². The number of halogens is 1. The van der Waals surface area contributed by atoms with Crippen LogP contribution < -0.4 is 0 Å². The minimum Gasteiger partial charge on any atom is -0.207 e. The molecule has 166 valence electrons. The van der Waals surface area contributed by atoms with Gasteiger partial charge in [-0.2, -0.15) is 0 Å². The zero-order valence-electron chi connectivity index (χ0n) is 19.8. The van der Waals surface area contributed by atoms with Crippen LogP contribution in [0.4, 0.5) is 4.39 Å². The van der Waals surface area contributed by atoms with Gasteiger partial charge in [-0.1, -0.05) is 55.6 Å². The molecule has 3 aromatic rings. The summed E-state index contributed by atoms with van der Waals surface area (Å²) < 4.78 is 14.6. The molecule has 4 rings (SSSR count). The second kappa shape index (κ2) is 10.6. The molecule has 0 unspecified atom stereocenters. The molecule has 0 spiro atoms. The molecule has 0 heterocycles. The molecule has 1 heteroatoms. The van der Waals surface area contributed by atoms with Crippen molar-refractivity contribution in [3.05, 3.63) is 105 Å². The molecule has 0 radical (unpaired) electrons. The summed E-state index contributed by atoms with van der Waals surface area (Å²) in [4.78, 5) is 0. The fourth-order valence-corrected chi connectivity index (χ4v) is 4.38. The van der Waals surface area contributed by atoms with Crippen molar-refractivity contribution in [2.45, 2.75) is 52.9 Å². The molecule has 0 amide bonds. The van der Waals surface area contributed by atoms with E-state index in [0.29, 0.717) is 11.5 Å². The van der Waals surface area contributed by atoms with E-state index in [1.54, 1.807) is 6.07 Å². The quantitative estimate of drug-likeness (QED) is 0.364. The first-order valence-corrected chi connectivity index (χ1v) is 12.0. The van der Waals surface area contributed by atoms with Crippen molar-refractivity contribution < 1.29 is 4.39 Å². The Bertz CT molecular complexity index is 1230. The van der Waals surface area contributed by atoms with Gasteiger partial charge in [0.2, 0.25) is 0 Å². The van der Waals surface area contributed by atoms with Gasteiger partial charge in [0.25, 0.3) is 0 Å². The molecule has 1 saturated carbocycles. The molecule has 0 aromatic heterocycles. The molecule has 33 heavy (non-hydrogen) atoms. The van der Waals surface area contributed by atoms with Gasteiger partial charge >= 0.3 is 0 Å². The van der Waals surface area contributed by atoms with Gasteiger partial charge < -0.3 is 0 Å². The van der Waals surface area contributed by atoms with Gasteiger partial charge in [0.1, 0.15) is 5.82 Å². The smallest absolute Gasteiger partial charge is 0.127 e. The molecular formula is C32H31F. The van der Waals surface area contributed by atoms with Gasteiger partial charge in [-0.3, -0.25) is 0 Å². The second-order valence-electron chi connectivity index (χ2n) is 9.51. The van der Waals surface area contributed by atoms with E-state index in [4.69, 9.17) is 0 Å². The van der Waals surface area contributed by atoms with Crippen molar-refractivity contribution >= 4 is 0 Å². The summed E-state index contributed by atoms with van der Waals surface area (Å²) in [5, 5.41) is 0. The Morgan fingerprint density at radius 1 is 0.667 bits per heavy atom. The molecule has 3 aromatic carbocycles. The lowest BCUT2D eigenvalue weighted by Crippen LogP contribution is -2.15.